The van der Waals surface area contributed by atoms with E-state index in [0.717, 1.165) is 0 Å². The van der Waals surface area contributed by atoms with E-state index in [1.54, 1.807) is 49.5 Å². The van der Waals surface area contributed by atoms with Crippen LogP contribution >= 0.6 is 0 Å². The van der Waals surface area contributed by atoms with Gasteiger partial charge in [-0.3, -0.25) is 4.79 Å². The van der Waals surface area contributed by atoms with Gasteiger partial charge in [-0.25, -0.2) is 0 Å². The SMILES string of the molecule is COc1cccc(N)c1C(=O)N(C)c1cccc(C#N)c1. The number of carbonyl (C=O) groups excluding carboxylic acids is 1. The summed E-state index contributed by atoms with van der Waals surface area (Å²) in [5, 5.41) is 8.93. The Bertz CT molecular complexity index is 720. The molecule has 0 bridgehead atoms. The molecular formula is C16H15N3O2. The predicted molar refractivity (Wildman–Crippen MR) is 81.3 cm³/mol. The quantitative estimate of drug-likeness (QED) is 0.876. The first-order chi connectivity index (χ1) is 10.1. The number of ether oxygens (including phenoxy) is 1. The summed E-state index contributed by atoms with van der Waals surface area (Å²) in [6.45, 7) is 0. The Morgan fingerprint density at radius 2 is 2.00 bits per heavy atom. The normalized spacial score (nSPS) is 9.76. The van der Waals surface area contributed by atoms with Crippen LogP contribution in [0.4, 0.5) is 11.4 Å². The van der Waals surface area contributed by atoms with E-state index < -0.39 is 0 Å². The summed E-state index contributed by atoms with van der Waals surface area (Å²) in [6, 6.07) is 13.9. The second-order valence-corrected chi connectivity index (χ2v) is 4.45. The van der Waals surface area contributed by atoms with Gasteiger partial charge in [-0.1, -0.05) is 12.1 Å². The van der Waals surface area contributed by atoms with Crippen LogP contribution < -0.4 is 15.4 Å². The third-order valence-electron chi connectivity index (χ3n) is 3.16. The van der Waals surface area contributed by atoms with E-state index in [1.165, 1.54) is 12.0 Å². The number of amides is 1. The largest absolute Gasteiger partial charge is 0.496 e. The monoisotopic (exact) mass is 281 g/mol. The lowest BCUT2D eigenvalue weighted by atomic mass is 10.1. The second kappa shape index (κ2) is 5.97. The van der Waals surface area contributed by atoms with Crippen molar-refractivity contribution in [1.82, 2.24) is 0 Å². The van der Waals surface area contributed by atoms with Crippen molar-refractivity contribution in [3.8, 4) is 11.8 Å². The van der Waals surface area contributed by atoms with Crippen molar-refractivity contribution in [3.63, 3.8) is 0 Å². The first-order valence-electron chi connectivity index (χ1n) is 6.29. The van der Waals surface area contributed by atoms with Gasteiger partial charge < -0.3 is 15.4 Å². The Labute approximate surface area is 123 Å². The van der Waals surface area contributed by atoms with Gasteiger partial charge in [-0.05, 0) is 30.3 Å². The minimum absolute atomic E-state index is 0.292. The van der Waals surface area contributed by atoms with Crippen LogP contribution in [0.3, 0.4) is 0 Å². The lowest BCUT2D eigenvalue weighted by Gasteiger charge is -2.20. The molecular weight excluding hydrogens is 266 g/mol. The lowest BCUT2D eigenvalue weighted by molar-refractivity contribution is 0.0991. The predicted octanol–water partition coefficient (Wildman–Crippen LogP) is 2.43. The lowest BCUT2D eigenvalue weighted by Crippen LogP contribution is -2.27. The van der Waals surface area contributed by atoms with E-state index in [2.05, 4.69) is 0 Å². The fourth-order valence-corrected chi connectivity index (χ4v) is 2.02. The van der Waals surface area contributed by atoms with Crippen LogP contribution in [0.1, 0.15) is 15.9 Å². The van der Waals surface area contributed by atoms with Gasteiger partial charge in [0, 0.05) is 18.4 Å². The Morgan fingerprint density at radius 3 is 2.67 bits per heavy atom. The summed E-state index contributed by atoms with van der Waals surface area (Å²) >= 11 is 0. The van der Waals surface area contributed by atoms with Crippen LogP contribution in [-0.4, -0.2) is 20.1 Å². The maximum Gasteiger partial charge on any atom is 0.263 e. The molecule has 0 heterocycles. The maximum absolute atomic E-state index is 12.6. The van der Waals surface area contributed by atoms with Gasteiger partial charge in [-0.15, -0.1) is 0 Å². The number of nitrogens with two attached hydrogens (primary N) is 1. The van der Waals surface area contributed by atoms with Crippen LogP contribution in [0.2, 0.25) is 0 Å². The molecule has 2 rings (SSSR count). The van der Waals surface area contributed by atoms with E-state index >= 15 is 0 Å². The van der Waals surface area contributed by atoms with E-state index in [4.69, 9.17) is 15.7 Å². The Balaban J connectivity index is 2.42. The molecule has 0 spiro atoms. The standard InChI is InChI=1S/C16H15N3O2/c1-19(12-6-3-5-11(9-12)10-17)16(20)15-13(18)7-4-8-14(15)21-2/h3-9H,18H2,1-2H3. The van der Waals surface area contributed by atoms with Gasteiger partial charge in [0.15, 0.2) is 0 Å². The van der Waals surface area contributed by atoms with Crippen molar-refractivity contribution in [2.45, 2.75) is 0 Å². The highest BCUT2D eigenvalue weighted by atomic mass is 16.5. The van der Waals surface area contributed by atoms with Crippen LogP contribution in [0.5, 0.6) is 5.75 Å². The highest BCUT2D eigenvalue weighted by Crippen LogP contribution is 2.27. The summed E-state index contributed by atoms with van der Waals surface area (Å²) in [4.78, 5) is 14.1. The zero-order valence-corrected chi connectivity index (χ0v) is 11.8. The van der Waals surface area contributed by atoms with E-state index in [1.807, 2.05) is 6.07 Å². The van der Waals surface area contributed by atoms with Gasteiger partial charge in [-0.2, -0.15) is 5.26 Å². The fraction of sp³-hybridized carbons (Fsp3) is 0.125. The number of hydrogen-bond donors (Lipinski definition) is 1. The fourth-order valence-electron chi connectivity index (χ4n) is 2.02. The highest BCUT2D eigenvalue weighted by Gasteiger charge is 2.20. The first-order valence-corrected chi connectivity index (χ1v) is 6.29. The Hall–Kier alpha value is -3.00. The van der Waals surface area contributed by atoms with Gasteiger partial charge in [0.25, 0.3) is 5.91 Å². The van der Waals surface area contributed by atoms with Gasteiger partial charge >= 0.3 is 0 Å². The highest BCUT2D eigenvalue weighted by molar-refractivity contribution is 6.11. The average Bonchev–Trinajstić information content (AvgIpc) is 2.53. The summed E-state index contributed by atoms with van der Waals surface area (Å²) in [5.74, 6) is 0.128. The van der Waals surface area contributed by atoms with Crippen LogP contribution in [-0.2, 0) is 0 Å². The molecule has 2 aromatic carbocycles. The summed E-state index contributed by atoms with van der Waals surface area (Å²) < 4.78 is 5.20. The minimum atomic E-state index is -0.292. The number of nitrogens with zero attached hydrogens (tertiary/aromatic N) is 2. The average molecular weight is 281 g/mol. The molecule has 0 aliphatic carbocycles. The van der Waals surface area contributed by atoms with Crippen molar-refractivity contribution in [1.29, 1.82) is 5.26 Å². The minimum Gasteiger partial charge on any atom is -0.496 e. The maximum atomic E-state index is 12.6. The molecule has 0 saturated heterocycles. The number of carbonyl (C=O) groups is 1. The Morgan fingerprint density at radius 1 is 1.29 bits per heavy atom. The van der Waals surface area contributed by atoms with Crippen LogP contribution in [0, 0.1) is 11.3 Å². The van der Waals surface area contributed by atoms with Crippen molar-refractivity contribution in [2.24, 2.45) is 0 Å². The molecule has 0 fully saturated rings. The third-order valence-corrected chi connectivity index (χ3v) is 3.16. The van der Waals surface area contributed by atoms with E-state index in [9.17, 15) is 4.79 Å². The summed E-state index contributed by atoms with van der Waals surface area (Å²) in [5.41, 5.74) is 7.65. The molecule has 2 N–H and O–H groups in total. The number of benzene rings is 2. The number of nitriles is 1. The zero-order valence-electron chi connectivity index (χ0n) is 11.8. The van der Waals surface area contributed by atoms with Crippen molar-refractivity contribution in [3.05, 3.63) is 53.6 Å². The summed E-state index contributed by atoms with van der Waals surface area (Å²) in [7, 11) is 3.12. The smallest absolute Gasteiger partial charge is 0.263 e. The molecule has 0 radical (unpaired) electrons. The van der Waals surface area contributed by atoms with Crippen LogP contribution in [0.25, 0.3) is 0 Å². The molecule has 5 heteroatoms. The number of rotatable bonds is 3. The molecule has 2 aromatic rings. The molecule has 106 valence electrons. The Kier molecular flexibility index (Phi) is 4.10. The van der Waals surface area contributed by atoms with Gasteiger partial charge in [0.2, 0.25) is 0 Å². The van der Waals surface area contributed by atoms with Crippen molar-refractivity contribution < 1.29 is 9.53 Å². The molecule has 0 atom stereocenters. The zero-order chi connectivity index (χ0) is 15.4. The van der Waals surface area contributed by atoms with Crippen molar-refractivity contribution in [2.75, 3.05) is 24.8 Å². The van der Waals surface area contributed by atoms with Gasteiger partial charge in [0.05, 0.1) is 18.7 Å². The van der Waals surface area contributed by atoms with E-state index in [0.29, 0.717) is 28.3 Å². The van der Waals surface area contributed by atoms with Crippen LogP contribution in [0.15, 0.2) is 42.5 Å². The molecule has 0 aliphatic heterocycles. The number of anilines is 2. The second-order valence-electron chi connectivity index (χ2n) is 4.45. The third kappa shape index (κ3) is 2.79. The molecule has 21 heavy (non-hydrogen) atoms. The topological polar surface area (TPSA) is 79.3 Å². The molecule has 0 saturated carbocycles. The van der Waals surface area contributed by atoms with E-state index in [-0.39, 0.29) is 5.91 Å². The van der Waals surface area contributed by atoms with Crippen molar-refractivity contribution >= 4 is 17.3 Å². The molecule has 0 aliphatic rings. The molecule has 0 unspecified atom stereocenters. The number of methoxy groups -OCH3 is 1. The summed E-state index contributed by atoms with van der Waals surface area (Å²) in [6.07, 6.45) is 0. The van der Waals surface area contributed by atoms with Gasteiger partial charge in [0.1, 0.15) is 11.3 Å². The first kappa shape index (κ1) is 14.4. The molecule has 0 aromatic heterocycles. The number of hydrogen-bond acceptors (Lipinski definition) is 4. The molecule has 5 nitrogen and oxygen atoms in total. The molecule has 1 amide bonds. The number of nitrogen functional groups attached to an aromatic ring is 1.